The van der Waals surface area contributed by atoms with Gasteiger partial charge in [-0.25, -0.2) is 0 Å². The Labute approximate surface area is 232 Å². The number of fused-ring (bicyclic) bond motifs is 5. The van der Waals surface area contributed by atoms with E-state index in [1.165, 1.54) is 19.1 Å². The first-order chi connectivity index (χ1) is 17.7. The molecule has 216 valence electrons. The van der Waals surface area contributed by atoms with Gasteiger partial charge in [0.2, 0.25) is 0 Å². The molecule has 4 rings (SSSR count). The van der Waals surface area contributed by atoms with Gasteiger partial charge in [0.05, 0.1) is 0 Å². The number of ether oxygens (including phenoxy) is 1. The molecule has 0 radical (unpaired) electrons. The van der Waals surface area contributed by atoms with Crippen LogP contribution < -0.4 is 0 Å². The highest BCUT2D eigenvalue weighted by Crippen LogP contribution is 2.74. The van der Waals surface area contributed by atoms with Crippen LogP contribution in [0.5, 0.6) is 0 Å². The normalized spacial score (nSPS) is 41.3. The number of rotatable bonds is 5. The van der Waals surface area contributed by atoms with Gasteiger partial charge in [0, 0.05) is 30.1 Å². The molecule has 0 amide bonds. The van der Waals surface area contributed by atoms with Gasteiger partial charge in [-0.3, -0.25) is 19.2 Å². The van der Waals surface area contributed by atoms with Crippen molar-refractivity contribution in [3.8, 4) is 0 Å². The van der Waals surface area contributed by atoms with Crippen molar-refractivity contribution in [2.24, 2.45) is 39.4 Å². The summed E-state index contributed by atoms with van der Waals surface area (Å²) in [6.45, 7) is 16.2. The first-order valence-electron chi connectivity index (χ1n) is 14.3. The molecule has 7 heteroatoms. The van der Waals surface area contributed by atoms with E-state index in [1.54, 1.807) is 20.8 Å². The standard InChI is InChI=1S/C32H46O7/c1-18(33)39-27(2,3)14-13-24(35)32(9,38)23-12-15-29(6)22-11-10-19-20(16-21(34)26(37)28(19,4)5)31(22,8)25(36)17-30(23,29)7/h10,13-14,20-23,34,38H,11-12,15-17H2,1-9H3/b14-13+/t20?,21?,22?,23?,29?,30?,31?,32-/m1/s1. The summed E-state index contributed by atoms with van der Waals surface area (Å²) in [5.41, 5.74) is -4.28. The number of ketones is 3. The van der Waals surface area contributed by atoms with Crippen LogP contribution in [-0.2, 0) is 23.9 Å². The van der Waals surface area contributed by atoms with E-state index >= 15 is 0 Å². The van der Waals surface area contributed by atoms with Crippen LogP contribution in [-0.4, -0.2) is 50.8 Å². The molecule has 0 spiro atoms. The summed E-state index contributed by atoms with van der Waals surface area (Å²) in [7, 11) is 0. The van der Waals surface area contributed by atoms with Crippen molar-refractivity contribution < 1.29 is 34.1 Å². The first kappa shape index (κ1) is 29.9. The topological polar surface area (TPSA) is 118 Å². The molecule has 7 unspecified atom stereocenters. The SMILES string of the molecule is CC(=O)OC(C)(C)/C=C/C(=O)[C@](C)(O)C1CCC2(C)C3CC=C4C(CC(O)C(=O)C4(C)C)C3(C)C(=O)CC12C. The molecule has 0 aromatic rings. The fourth-order valence-corrected chi connectivity index (χ4v) is 9.25. The lowest BCUT2D eigenvalue weighted by Crippen LogP contribution is -2.65. The summed E-state index contributed by atoms with van der Waals surface area (Å²) in [5.74, 6) is -1.75. The Morgan fingerprint density at radius 2 is 1.69 bits per heavy atom. The second-order valence-electron chi connectivity index (χ2n) is 14.6. The summed E-state index contributed by atoms with van der Waals surface area (Å²) in [5, 5.41) is 22.5. The number of hydrogen-bond acceptors (Lipinski definition) is 7. The number of aliphatic hydroxyl groups excluding tert-OH is 1. The van der Waals surface area contributed by atoms with E-state index in [2.05, 4.69) is 19.9 Å². The molecule has 7 nitrogen and oxygen atoms in total. The van der Waals surface area contributed by atoms with E-state index in [1.807, 2.05) is 20.8 Å². The highest BCUT2D eigenvalue weighted by Gasteiger charge is 2.72. The van der Waals surface area contributed by atoms with Crippen molar-refractivity contribution in [1.82, 2.24) is 0 Å². The number of allylic oxidation sites excluding steroid dienone is 2. The van der Waals surface area contributed by atoms with Crippen LogP contribution in [0.3, 0.4) is 0 Å². The molecule has 4 aliphatic carbocycles. The van der Waals surface area contributed by atoms with Gasteiger partial charge in [-0.15, -0.1) is 0 Å². The molecule has 3 saturated carbocycles. The second kappa shape index (κ2) is 8.94. The van der Waals surface area contributed by atoms with Gasteiger partial charge < -0.3 is 14.9 Å². The minimum absolute atomic E-state index is 0.0458. The van der Waals surface area contributed by atoms with Crippen LogP contribution >= 0.6 is 0 Å². The molecule has 0 bridgehead atoms. The summed E-state index contributed by atoms with van der Waals surface area (Å²) in [4.78, 5) is 52.0. The van der Waals surface area contributed by atoms with Crippen LogP contribution in [0.25, 0.3) is 0 Å². The van der Waals surface area contributed by atoms with E-state index in [0.29, 0.717) is 12.8 Å². The summed E-state index contributed by atoms with van der Waals surface area (Å²) < 4.78 is 5.26. The number of carbonyl (C=O) groups excluding carboxylic acids is 4. The summed E-state index contributed by atoms with van der Waals surface area (Å²) in [6.07, 6.45) is 6.32. The van der Waals surface area contributed by atoms with Gasteiger partial charge in [0.1, 0.15) is 23.1 Å². The fraction of sp³-hybridized carbons (Fsp3) is 0.750. The number of carbonyl (C=O) groups is 4. The third-order valence-electron chi connectivity index (χ3n) is 11.6. The Morgan fingerprint density at radius 3 is 2.28 bits per heavy atom. The van der Waals surface area contributed by atoms with E-state index in [9.17, 15) is 29.4 Å². The van der Waals surface area contributed by atoms with Gasteiger partial charge in [0.15, 0.2) is 11.6 Å². The van der Waals surface area contributed by atoms with Crippen molar-refractivity contribution in [2.75, 3.05) is 0 Å². The molecule has 39 heavy (non-hydrogen) atoms. The summed E-state index contributed by atoms with van der Waals surface area (Å²) in [6, 6.07) is 0. The van der Waals surface area contributed by atoms with Crippen molar-refractivity contribution in [2.45, 2.75) is 112 Å². The maximum absolute atomic E-state index is 14.3. The Balaban J connectivity index is 1.71. The maximum atomic E-state index is 14.3. The maximum Gasteiger partial charge on any atom is 0.303 e. The van der Waals surface area contributed by atoms with Crippen molar-refractivity contribution in [3.05, 3.63) is 23.8 Å². The highest BCUT2D eigenvalue weighted by atomic mass is 16.6. The second-order valence-corrected chi connectivity index (χ2v) is 14.6. The van der Waals surface area contributed by atoms with Gasteiger partial charge in [-0.1, -0.05) is 32.4 Å². The molecule has 0 saturated heterocycles. The lowest BCUT2D eigenvalue weighted by atomic mass is 9.38. The van der Waals surface area contributed by atoms with Crippen LogP contribution in [0.2, 0.25) is 0 Å². The molecule has 4 aliphatic rings. The predicted molar refractivity (Wildman–Crippen MR) is 146 cm³/mol. The minimum atomic E-state index is -1.71. The zero-order valence-corrected chi connectivity index (χ0v) is 25.0. The number of hydrogen-bond donors (Lipinski definition) is 2. The van der Waals surface area contributed by atoms with E-state index < -0.39 is 51.2 Å². The van der Waals surface area contributed by atoms with Crippen molar-refractivity contribution in [3.63, 3.8) is 0 Å². The van der Waals surface area contributed by atoms with Crippen molar-refractivity contribution >= 4 is 23.3 Å². The molecular formula is C32H46O7. The Bertz CT molecular complexity index is 1170. The van der Waals surface area contributed by atoms with Crippen molar-refractivity contribution in [1.29, 1.82) is 0 Å². The van der Waals surface area contributed by atoms with Crippen LogP contribution in [0, 0.1) is 39.4 Å². The highest BCUT2D eigenvalue weighted by molar-refractivity contribution is 5.98. The van der Waals surface area contributed by atoms with E-state index in [0.717, 1.165) is 12.0 Å². The quantitative estimate of drug-likeness (QED) is 0.298. The zero-order chi connectivity index (χ0) is 29.6. The summed E-state index contributed by atoms with van der Waals surface area (Å²) >= 11 is 0. The Kier molecular flexibility index (Phi) is 6.84. The van der Waals surface area contributed by atoms with Gasteiger partial charge in [-0.05, 0) is 95.1 Å². The first-order valence-corrected chi connectivity index (χ1v) is 14.3. The van der Waals surface area contributed by atoms with Crippen LogP contribution in [0.1, 0.15) is 94.4 Å². The Morgan fingerprint density at radius 1 is 1.08 bits per heavy atom. The zero-order valence-electron chi connectivity index (χ0n) is 25.0. The average molecular weight is 543 g/mol. The number of aliphatic hydroxyl groups is 2. The fourth-order valence-electron chi connectivity index (χ4n) is 9.25. The monoisotopic (exact) mass is 542 g/mol. The molecule has 3 fully saturated rings. The molecule has 0 aromatic carbocycles. The lowest BCUT2D eigenvalue weighted by molar-refractivity contribution is -0.182. The average Bonchev–Trinajstić information content (AvgIpc) is 3.07. The lowest BCUT2D eigenvalue weighted by Gasteiger charge is -2.64. The third-order valence-corrected chi connectivity index (χ3v) is 11.6. The molecule has 8 atom stereocenters. The number of Topliss-reactive ketones (excluding diaryl/α,β-unsaturated/α-hetero) is 2. The van der Waals surface area contributed by atoms with E-state index in [-0.39, 0.29) is 41.7 Å². The molecule has 2 N–H and O–H groups in total. The smallest absolute Gasteiger partial charge is 0.303 e. The van der Waals surface area contributed by atoms with Crippen LogP contribution in [0.4, 0.5) is 0 Å². The Hall–Kier alpha value is -2.12. The number of esters is 1. The predicted octanol–water partition coefficient (Wildman–Crippen LogP) is 4.53. The van der Waals surface area contributed by atoms with E-state index in [4.69, 9.17) is 4.74 Å². The molecule has 0 heterocycles. The largest absolute Gasteiger partial charge is 0.456 e. The van der Waals surface area contributed by atoms with Gasteiger partial charge in [-0.2, -0.15) is 0 Å². The molecular weight excluding hydrogens is 496 g/mol. The van der Waals surface area contributed by atoms with Gasteiger partial charge >= 0.3 is 5.97 Å². The molecule has 0 aromatic heterocycles. The van der Waals surface area contributed by atoms with Gasteiger partial charge in [0.25, 0.3) is 0 Å². The third kappa shape index (κ3) is 4.13. The van der Waals surface area contributed by atoms with Crippen LogP contribution in [0.15, 0.2) is 23.8 Å². The minimum Gasteiger partial charge on any atom is -0.456 e. The molecule has 0 aliphatic heterocycles.